The second-order valence-electron chi connectivity index (χ2n) is 7.64. The lowest BCUT2D eigenvalue weighted by Crippen LogP contribution is -2.34. The molecule has 7 nitrogen and oxygen atoms in total. The van der Waals surface area contributed by atoms with Gasteiger partial charge in [-0.15, -0.1) is 0 Å². The summed E-state index contributed by atoms with van der Waals surface area (Å²) in [7, 11) is 0. The molecular formula is C20H25F3N4O3. The molecule has 0 aliphatic rings. The quantitative estimate of drug-likeness (QED) is 0.688. The highest BCUT2D eigenvalue weighted by Crippen LogP contribution is 2.34. The van der Waals surface area contributed by atoms with Crippen LogP contribution in [0.3, 0.4) is 0 Å². The first-order valence-corrected chi connectivity index (χ1v) is 9.36. The highest BCUT2D eigenvalue weighted by molar-refractivity contribution is 5.95. The number of halogens is 3. The third-order valence-corrected chi connectivity index (χ3v) is 3.93. The zero-order chi connectivity index (χ0) is 22.5. The topological polar surface area (TPSA) is 85.3 Å². The van der Waals surface area contributed by atoms with Crippen LogP contribution in [0.1, 0.15) is 48.8 Å². The number of amides is 2. The number of alkyl carbamates (subject to hydrolysis) is 1. The molecule has 2 aromatic rings. The van der Waals surface area contributed by atoms with Crippen LogP contribution in [0.5, 0.6) is 0 Å². The summed E-state index contributed by atoms with van der Waals surface area (Å²) in [5.41, 5.74) is -1.51. The van der Waals surface area contributed by atoms with E-state index in [9.17, 15) is 22.8 Å². The molecule has 2 N–H and O–H groups in total. The van der Waals surface area contributed by atoms with E-state index < -0.39 is 35.0 Å². The van der Waals surface area contributed by atoms with Crippen molar-refractivity contribution in [3.63, 3.8) is 0 Å². The molecule has 2 amide bonds. The molecule has 0 aliphatic carbocycles. The van der Waals surface area contributed by atoms with Gasteiger partial charge in [-0.1, -0.05) is 18.2 Å². The first kappa shape index (κ1) is 23.2. The summed E-state index contributed by atoms with van der Waals surface area (Å²) in [6.07, 6.45) is -4.15. The fraction of sp³-hybridized carbons (Fsp3) is 0.450. The number of nitrogens with zero attached hydrogens (tertiary/aromatic N) is 2. The number of aryl methyl sites for hydroxylation is 1. The zero-order valence-electron chi connectivity index (χ0n) is 17.3. The number of ether oxygens (including phenoxy) is 1. The first-order valence-electron chi connectivity index (χ1n) is 9.36. The fourth-order valence-electron chi connectivity index (χ4n) is 2.66. The second kappa shape index (κ2) is 9.19. The number of alkyl halides is 3. The van der Waals surface area contributed by atoms with E-state index >= 15 is 0 Å². The van der Waals surface area contributed by atoms with Crippen LogP contribution in [0, 0.1) is 6.92 Å². The smallest absolute Gasteiger partial charge is 0.434 e. The number of hydrogen-bond acceptors (Lipinski definition) is 4. The maximum Gasteiger partial charge on any atom is 0.434 e. The van der Waals surface area contributed by atoms with Gasteiger partial charge in [-0.25, -0.2) is 9.48 Å². The van der Waals surface area contributed by atoms with E-state index in [4.69, 9.17) is 4.74 Å². The molecule has 10 heteroatoms. The van der Waals surface area contributed by atoms with E-state index in [1.807, 2.05) is 0 Å². The molecule has 0 atom stereocenters. The van der Waals surface area contributed by atoms with Crippen molar-refractivity contribution >= 4 is 12.0 Å². The monoisotopic (exact) mass is 426 g/mol. The minimum Gasteiger partial charge on any atom is -0.444 e. The average molecular weight is 426 g/mol. The lowest BCUT2D eigenvalue weighted by molar-refractivity contribution is -0.143. The zero-order valence-corrected chi connectivity index (χ0v) is 17.3. The molecule has 2 rings (SSSR count). The summed E-state index contributed by atoms with van der Waals surface area (Å²) in [5.74, 6) is -0.889. The van der Waals surface area contributed by atoms with Gasteiger partial charge < -0.3 is 15.4 Å². The normalized spacial score (nSPS) is 11.8. The van der Waals surface area contributed by atoms with Gasteiger partial charge in [0, 0.05) is 13.1 Å². The Morgan fingerprint density at radius 3 is 2.33 bits per heavy atom. The SMILES string of the molecule is Cc1ccccc1-n1ncc(C(=O)NCCCNC(=O)OC(C)(C)C)c1C(F)(F)F. The molecule has 0 spiro atoms. The van der Waals surface area contributed by atoms with Gasteiger partial charge >= 0.3 is 12.3 Å². The Bertz CT molecular complexity index is 901. The molecule has 1 heterocycles. The van der Waals surface area contributed by atoms with E-state index in [-0.39, 0.29) is 18.8 Å². The molecule has 0 fully saturated rings. The number of carbonyl (C=O) groups excluding carboxylic acids is 2. The molecule has 0 saturated carbocycles. The van der Waals surface area contributed by atoms with Crippen molar-refractivity contribution in [3.8, 4) is 5.69 Å². The summed E-state index contributed by atoms with van der Waals surface area (Å²) in [5, 5.41) is 8.74. The Morgan fingerprint density at radius 2 is 1.73 bits per heavy atom. The van der Waals surface area contributed by atoms with Crippen molar-refractivity contribution < 1.29 is 27.5 Å². The number of para-hydroxylation sites is 1. The minimum atomic E-state index is -4.77. The van der Waals surface area contributed by atoms with E-state index in [0.717, 1.165) is 10.9 Å². The maximum absolute atomic E-state index is 13.7. The number of aromatic nitrogens is 2. The van der Waals surface area contributed by atoms with E-state index in [1.165, 1.54) is 6.07 Å². The summed E-state index contributed by atoms with van der Waals surface area (Å²) in [6, 6.07) is 6.46. The Morgan fingerprint density at radius 1 is 1.10 bits per heavy atom. The Kier molecular flexibility index (Phi) is 7.12. The van der Waals surface area contributed by atoms with Gasteiger partial charge in [0.1, 0.15) is 5.60 Å². The van der Waals surface area contributed by atoms with Crippen molar-refractivity contribution in [2.45, 2.75) is 45.9 Å². The molecular weight excluding hydrogens is 401 g/mol. The van der Waals surface area contributed by atoms with Gasteiger partial charge in [-0.2, -0.15) is 18.3 Å². The van der Waals surface area contributed by atoms with Gasteiger partial charge in [-0.3, -0.25) is 4.79 Å². The molecule has 0 bridgehead atoms. The summed E-state index contributed by atoms with van der Waals surface area (Å²) in [4.78, 5) is 23.9. The van der Waals surface area contributed by atoms with Crippen LogP contribution < -0.4 is 10.6 Å². The van der Waals surface area contributed by atoms with Crippen molar-refractivity contribution in [3.05, 3.63) is 47.3 Å². The third-order valence-electron chi connectivity index (χ3n) is 3.93. The largest absolute Gasteiger partial charge is 0.444 e. The standard InChI is InChI=1S/C20H25F3N4O3/c1-13-8-5-6-9-15(13)27-16(20(21,22)23)14(12-26-27)17(28)24-10-7-11-25-18(29)30-19(2,3)4/h5-6,8-9,12H,7,10-11H2,1-4H3,(H,24,28)(H,25,29). The van der Waals surface area contributed by atoms with Crippen molar-refractivity contribution in [2.75, 3.05) is 13.1 Å². The average Bonchev–Trinajstić information content (AvgIpc) is 3.05. The van der Waals surface area contributed by atoms with Crippen molar-refractivity contribution in [1.82, 2.24) is 20.4 Å². The first-order chi connectivity index (χ1) is 13.9. The van der Waals surface area contributed by atoms with Gasteiger partial charge in [0.25, 0.3) is 5.91 Å². The van der Waals surface area contributed by atoms with Crippen LogP contribution in [-0.2, 0) is 10.9 Å². The number of benzene rings is 1. The molecule has 1 aromatic carbocycles. The number of rotatable bonds is 6. The second-order valence-corrected chi connectivity index (χ2v) is 7.64. The van der Waals surface area contributed by atoms with Crippen molar-refractivity contribution in [1.29, 1.82) is 0 Å². The van der Waals surface area contributed by atoms with Crippen LogP contribution >= 0.6 is 0 Å². The van der Waals surface area contributed by atoms with Gasteiger partial charge in [0.05, 0.1) is 17.4 Å². The van der Waals surface area contributed by atoms with Crippen LogP contribution in [0.4, 0.5) is 18.0 Å². The number of hydrogen-bond donors (Lipinski definition) is 2. The van der Waals surface area contributed by atoms with Crippen LogP contribution in [0.15, 0.2) is 30.5 Å². The molecule has 1 aromatic heterocycles. The third kappa shape index (κ3) is 6.23. The fourth-order valence-corrected chi connectivity index (χ4v) is 2.66. The number of nitrogens with one attached hydrogen (secondary N) is 2. The lowest BCUT2D eigenvalue weighted by Gasteiger charge is -2.19. The summed E-state index contributed by atoms with van der Waals surface area (Å²) in [6.45, 7) is 7.10. The lowest BCUT2D eigenvalue weighted by atomic mass is 10.1. The Hall–Kier alpha value is -3.04. The number of carbonyl (C=O) groups is 2. The Labute approximate surface area is 172 Å². The maximum atomic E-state index is 13.7. The minimum absolute atomic E-state index is 0.0709. The summed E-state index contributed by atoms with van der Waals surface area (Å²) >= 11 is 0. The highest BCUT2D eigenvalue weighted by atomic mass is 19.4. The highest BCUT2D eigenvalue weighted by Gasteiger charge is 2.40. The Balaban J connectivity index is 2.03. The van der Waals surface area contributed by atoms with Gasteiger partial charge in [0.2, 0.25) is 0 Å². The summed E-state index contributed by atoms with van der Waals surface area (Å²) < 4.78 is 46.9. The predicted molar refractivity (Wildman–Crippen MR) is 104 cm³/mol. The van der Waals surface area contributed by atoms with Crippen LogP contribution in [0.2, 0.25) is 0 Å². The molecule has 0 aliphatic heterocycles. The van der Waals surface area contributed by atoms with E-state index in [2.05, 4.69) is 15.7 Å². The molecule has 0 saturated heterocycles. The predicted octanol–water partition coefficient (Wildman–Crippen LogP) is 3.84. The van der Waals surface area contributed by atoms with Gasteiger partial charge in [-0.05, 0) is 45.7 Å². The molecule has 0 radical (unpaired) electrons. The molecule has 0 unspecified atom stereocenters. The van der Waals surface area contributed by atoms with Crippen LogP contribution in [-0.4, -0.2) is 40.5 Å². The molecule has 30 heavy (non-hydrogen) atoms. The van der Waals surface area contributed by atoms with E-state index in [1.54, 1.807) is 45.9 Å². The van der Waals surface area contributed by atoms with Crippen molar-refractivity contribution in [2.24, 2.45) is 0 Å². The van der Waals surface area contributed by atoms with E-state index in [0.29, 0.717) is 12.0 Å². The molecule has 164 valence electrons. The van der Waals surface area contributed by atoms with Gasteiger partial charge in [0.15, 0.2) is 5.69 Å². The van der Waals surface area contributed by atoms with Crippen LogP contribution in [0.25, 0.3) is 5.69 Å².